The van der Waals surface area contributed by atoms with E-state index in [-0.39, 0.29) is 30.4 Å². The van der Waals surface area contributed by atoms with Crippen molar-refractivity contribution in [2.45, 2.75) is 32.8 Å². The molecule has 0 aliphatic carbocycles. The van der Waals surface area contributed by atoms with Crippen molar-refractivity contribution in [1.82, 2.24) is 15.0 Å². The highest BCUT2D eigenvalue weighted by molar-refractivity contribution is 5.78. The van der Waals surface area contributed by atoms with Gasteiger partial charge in [-0.2, -0.15) is 15.0 Å². The van der Waals surface area contributed by atoms with Gasteiger partial charge in [0.25, 0.3) is 0 Å². The molecule has 3 rings (SSSR count). The van der Waals surface area contributed by atoms with Crippen molar-refractivity contribution in [3.05, 3.63) is 72.1 Å². The first kappa shape index (κ1) is 20.3. The van der Waals surface area contributed by atoms with E-state index in [9.17, 15) is 4.79 Å². The predicted octanol–water partition coefficient (Wildman–Crippen LogP) is 4.07. The molecule has 1 heterocycles. The van der Waals surface area contributed by atoms with Gasteiger partial charge in [0.2, 0.25) is 11.9 Å². The van der Waals surface area contributed by atoms with Crippen molar-refractivity contribution >= 4 is 23.6 Å². The molecule has 2 atom stereocenters. The SMILES string of the molecule is CC[C@H](C)[C@@H](C(=O)OCc1nc(N)nc(Nc2ccccc2)n1)c1ccccc1. The van der Waals surface area contributed by atoms with E-state index < -0.39 is 0 Å². The lowest BCUT2D eigenvalue weighted by molar-refractivity contribution is -0.148. The van der Waals surface area contributed by atoms with Gasteiger partial charge in [-0.15, -0.1) is 0 Å². The van der Waals surface area contributed by atoms with Crippen LogP contribution in [-0.2, 0) is 16.1 Å². The Morgan fingerprint density at radius 3 is 2.34 bits per heavy atom. The summed E-state index contributed by atoms with van der Waals surface area (Å²) >= 11 is 0. The number of nitrogens with two attached hydrogens (primary N) is 1. The molecular weight excluding hydrogens is 366 g/mol. The third-order valence-electron chi connectivity index (χ3n) is 4.70. The van der Waals surface area contributed by atoms with Crippen LogP contribution < -0.4 is 11.1 Å². The Morgan fingerprint density at radius 2 is 1.69 bits per heavy atom. The van der Waals surface area contributed by atoms with Gasteiger partial charge in [-0.05, 0) is 23.6 Å². The van der Waals surface area contributed by atoms with Crippen LogP contribution in [0.25, 0.3) is 0 Å². The monoisotopic (exact) mass is 391 g/mol. The van der Waals surface area contributed by atoms with Crippen LogP contribution in [-0.4, -0.2) is 20.9 Å². The third-order valence-corrected chi connectivity index (χ3v) is 4.70. The van der Waals surface area contributed by atoms with Crippen molar-refractivity contribution in [3.8, 4) is 0 Å². The zero-order valence-corrected chi connectivity index (χ0v) is 16.6. The summed E-state index contributed by atoms with van der Waals surface area (Å²) in [6.07, 6.45) is 0.860. The van der Waals surface area contributed by atoms with Gasteiger partial charge in [-0.25, -0.2) is 0 Å². The molecule has 1 aromatic heterocycles. The van der Waals surface area contributed by atoms with E-state index in [1.807, 2.05) is 67.6 Å². The molecule has 2 aromatic carbocycles. The molecule has 3 aromatic rings. The Morgan fingerprint density at radius 1 is 1.03 bits per heavy atom. The second kappa shape index (κ2) is 9.64. The fourth-order valence-electron chi connectivity index (χ4n) is 3.03. The first-order valence-corrected chi connectivity index (χ1v) is 9.61. The minimum atomic E-state index is -0.345. The number of aromatic nitrogens is 3. The summed E-state index contributed by atoms with van der Waals surface area (Å²) < 4.78 is 5.55. The molecule has 7 heteroatoms. The summed E-state index contributed by atoms with van der Waals surface area (Å²) in [5.41, 5.74) is 7.56. The highest BCUT2D eigenvalue weighted by Gasteiger charge is 2.27. The topological polar surface area (TPSA) is 103 Å². The number of ether oxygens (including phenoxy) is 1. The standard InChI is InChI=1S/C22H25N5O2/c1-3-15(2)19(16-10-6-4-7-11-16)20(28)29-14-18-25-21(23)27-22(26-18)24-17-12-8-5-9-13-17/h4-13,15,19H,3,14H2,1-2H3,(H3,23,24,25,26,27)/t15-,19+/m0/s1. The normalized spacial score (nSPS) is 12.8. The number of hydrogen-bond acceptors (Lipinski definition) is 7. The number of hydrogen-bond donors (Lipinski definition) is 2. The molecule has 0 aliphatic rings. The third kappa shape index (κ3) is 5.51. The second-order valence-corrected chi connectivity index (χ2v) is 6.81. The molecule has 0 amide bonds. The first-order valence-electron chi connectivity index (χ1n) is 9.61. The lowest BCUT2D eigenvalue weighted by Crippen LogP contribution is -2.22. The average molecular weight is 391 g/mol. The second-order valence-electron chi connectivity index (χ2n) is 6.81. The minimum Gasteiger partial charge on any atom is -0.457 e. The molecule has 0 saturated carbocycles. The van der Waals surface area contributed by atoms with Gasteiger partial charge in [-0.1, -0.05) is 68.8 Å². The summed E-state index contributed by atoms with van der Waals surface area (Å²) in [5.74, 6) is 0.149. The zero-order chi connectivity index (χ0) is 20.6. The number of nitrogens with one attached hydrogen (secondary N) is 1. The summed E-state index contributed by atoms with van der Waals surface area (Å²) in [6.45, 7) is 4.03. The molecule has 0 radical (unpaired) electrons. The highest BCUT2D eigenvalue weighted by Crippen LogP contribution is 2.28. The summed E-state index contributed by atoms with van der Waals surface area (Å²) in [4.78, 5) is 25.3. The maximum absolute atomic E-state index is 12.8. The molecule has 29 heavy (non-hydrogen) atoms. The lowest BCUT2D eigenvalue weighted by Gasteiger charge is -2.21. The molecule has 150 valence electrons. The van der Waals surface area contributed by atoms with Crippen LogP contribution in [0.15, 0.2) is 60.7 Å². The van der Waals surface area contributed by atoms with Crippen LogP contribution in [0.4, 0.5) is 17.6 Å². The number of para-hydroxylation sites is 1. The first-order chi connectivity index (χ1) is 14.1. The molecular formula is C22H25N5O2. The largest absolute Gasteiger partial charge is 0.457 e. The van der Waals surface area contributed by atoms with Gasteiger partial charge in [0.05, 0.1) is 5.92 Å². The van der Waals surface area contributed by atoms with Crippen LogP contribution >= 0.6 is 0 Å². The predicted molar refractivity (Wildman–Crippen MR) is 112 cm³/mol. The van der Waals surface area contributed by atoms with E-state index in [2.05, 4.69) is 27.2 Å². The number of benzene rings is 2. The van der Waals surface area contributed by atoms with E-state index in [4.69, 9.17) is 10.5 Å². The van der Waals surface area contributed by atoms with Crippen molar-refractivity contribution in [2.24, 2.45) is 5.92 Å². The van der Waals surface area contributed by atoms with Gasteiger partial charge < -0.3 is 15.8 Å². The number of rotatable bonds is 8. The van der Waals surface area contributed by atoms with E-state index in [0.717, 1.165) is 17.7 Å². The van der Waals surface area contributed by atoms with E-state index in [1.54, 1.807) is 0 Å². The molecule has 0 bridgehead atoms. The number of esters is 1. The maximum atomic E-state index is 12.8. The van der Waals surface area contributed by atoms with Gasteiger partial charge in [-0.3, -0.25) is 4.79 Å². The van der Waals surface area contributed by atoms with Crippen molar-refractivity contribution in [2.75, 3.05) is 11.1 Å². The number of nitrogen functional groups attached to an aromatic ring is 1. The molecule has 0 saturated heterocycles. The molecule has 0 spiro atoms. The van der Waals surface area contributed by atoms with E-state index >= 15 is 0 Å². The van der Waals surface area contributed by atoms with Crippen LogP contribution in [0.1, 0.15) is 37.6 Å². The molecule has 0 aliphatic heterocycles. The molecule has 0 fully saturated rings. The average Bonchev–Trinajstić information content (AvgIpc) is 2.73. The van der Waals surface area contributed by atoms with E-state index in [1.165, 1.54) is 0 Å². The number of carbonyl (C=O) groups is 1. The number of nitrogens with zero attached hydrogens (tertiary/aromatic N) is 3. The zero-order valence-electron chi connectivity index (χ0n) is 16.6. The van der Waals surface area contributed by atoms with Crippen LogP contribution in [0.3, 0.4) is 0 Å². The van der Waals surface area contributed by atoms with Gasteiger partial charge in [0.1, 0.15) is 0 Å². The summed E-state index contributed by atoms with van der Waals surface area (Å²) in [7, 11) is 0. The molecule has 0 unspecified atom stereocenters. The molecule has 7 nitrogen and oxygen atoms in total. The lowest BCUT2D eigenvalue weighted by atomic mass is 9.86. The summed E-state index contributed by atoms with van der Waals surface area (Å²) in [6, 6.07) is 19.1. The van der Waals surface area contributed by atoms with Crippen molar-refractivity contribution in [1.29, 1.82) is 0 Å². The Balaban J connectivity index is 1.71. The van der Waals surface area contributed by atoms with Crippen molar-refractivity contribution < 1.29 is 9.53 Å². The Bertz CT molecular complexity index is 934. The van der Waals surface area contributed by atoms with Crippen LogP contribution in [0.5, 0.6) is 0 Å². The fourth-order valence-corrected chi connectivity index (χ4v) is 3.03. The smallest absolute Gasteiger partial charge is 0.314 e. The fraction of sp³-hybridized carbons (Fsp3) is 0.273. The van der Waals surface area contributed by atoms with Gasteiger partial charge in [0, 0.05) is 5.69 Å². The van der Waals surface area contributed by atoms with Crippen molar-refractivity contribution in [3.63, 3.8) is 0 Å². The highest BCUT2D eigenvalue weighted by atomic mass is 16.5. The van der Waals surface area contributed by atoms with Crippen LogP contribution in [0.2, 0.25) is 0 Å². The summed E-state index contributed by atoms with van der Waals surface area (Å²) in [5, 5.41) is 3.07. The Kier molecular flexibility index (Phi) is 6.73. The quantitative estimate of drug-likeness (QED) is 0.558. The van der Waals surface area contributed by atoms with Gasteiger partial charge in [0.15, 0.2) is 12.4 Å². The van der Waals surface area contributed by atoms with Gasteiger partial charge >= 0.3 is 5.97 Å². The number of carbonyl (C=O) groups excluding carboxylic acids is 1. The van der Waals surface area contributed by atoms with E-state index in [0.29, 0.717) is 11.8 Å². The number of anilines is 3. The van der Waals surface area contributed by atoms with Crippen LogP contribution in [0, 0.1) is 5.92 Å². The Hall–Kier alpha value is -3.48. The minimum absolute atomic E-state index is 0.0611. The molecule has 3 N–H and O–H groups in total. The maximum Gasteiger partial charge on any atom is 0.314 e. The Labute approximate surface area is 170 Å².